The fourth-order valence-corrected chi connectivity index (χ4v) is 3.42. The Labute approximate surface area is 186 Å². The molecule has 1 aromatic rings. The number of hydrogen-bond donors (Lipinski definition) is 2. The highest BCUT2D eigenvalue weighted by Gasteiger charge is 2.16. The summed E-state index contributed by atoms with van der Waals surface area (Å²) < 4.78 is 0. The van der Waals surface area contributed by atoms with Gasteiger partial charge in [-0.1, -0.05) is 30.3 Å². The molecule has 27 heavy (non-hydrogen) atoms. The van der Waals surface area contributed by atoms with Crippen molar-refractivity contribution >= 4 is 41.7 Å². The number of benzene rings is 1. The first-order chi connectivity index (χ1) is 12.8. The van der Waals surface area contributed by atoms with Gasteiger partial charge in [0.15, 0.2) is 5.96 Å². The number of thioether (sulfide) groups is 1. The summed E-state index contributed by atoms with van der Waals surface area (Å²) >= 11 is 1.85. The van der Waals surface area contributed by atoms with Crippen molar-refractivity contribution in [3.8, 4) is 0 Å². The maximum atomic E-state index is 4.69. The van der Waals surface area contributed by atoms with Gasteiger partial charge in [-0.2, -0.15) is 11.8 Å². The number of hydrogen-bond acceptors (Lipinski definition) is 4. The number of aliphatic imine (C=N–C) groups is 1. The van der Waals surface area contributed by atoms with Crippen LogP contribution in [0.5, 0.6) is 0 Å². The second-order valence-electron chi connectivity index (χ2n) is 6.64. The molecule has 5 nitrogen and oxygen atoms in total. The van der Waals surface area contributed by atoms with E-state index in [0.29, 0.717) is 0 Å². The minimum absolute atomic E-state index is 0. The summed E-state index contributed by atoms with van der Waals surface area (Å²) in [6.45, 7) is 11.8. The van der Waals surface area contributed by atoms with E-state index < -0.39 is 0 Å². The fraction of sp³-hybridized carbons (Fsp3) is 0.650. The average molecular weight is 506 g/mol. The lowest BCUT2D eigenvalue weighted by atomic mass is 10.2. The van der Waals surface area contributed by atoms with Gasteiger partial charge < -0.3 is 15.5 Å². The molecule has 0 radical (unpaired) electrons. The number of piperazine rings is 1. The molecule has 1 aliphatic rings. The maximum absolute atomic E-state index is 4.69. The zero-order valence-electron chi connectivity index (χ0n) is 16.8. The van der Waals surface area contributed by atoms with Crippen molar-refractivity contribution in [1.29, 1.82) is 0 Å². The molecule has 2 rings (SSSR count). The highest BCUT2D eigenvalue weighted by molar-refractivity contribution is 14.0. The van der Waals surface area contributed by atoms with Gasteiger partial charge in [0.1, 0.15) is 0 Å². The molecule has 1 heterocycles. The molecule has 154 valence electrons. The third-order valence-electron chi connectivity index (χ3n) is 4.56. The largest absolute Gasteiger partial charge is 0.357 e. The van der Waals surface area contributed by atoms with E-state index in [1.54, 1.807) is 0 Å². The molecular formula is C20H36IN5S. The summed E-state index contributed by atoms with van der Waals surface area (Å²) in [5, 5.41) is 6.71. The van der Waals surface area contributed by atoms with Crippen LogP contribution in [0.25, 0.3) is 0 Å². The summed E-state index contributed by atoms with van der Waals surface area (Å²) in [5.41, 5.74) is 1.42. The smallest absolute Gasteiger partial charge is 0.191 e. The SMILES string of the molecule is CCNC(=NCCCN1CCN(Cc2ccccc2)CC1)NCCSC.I. The maximum Gasteiger partial charge on any atom is 0.191 e. The quantitative estimate of drug-likeness (QED) is 0.222. The van der Waals surface area contributed by atoms with Crippen molar-refractivity contribution in [2.75, 3.05) is 64.4 Å². The number of nitrogens with one attached hydrogen (secondary N) is 2. The Morgan fingerprint density at radius 1 is 1.07 bits per heavy atom. The van der Waals surface area contributed by atoms with Crippen LogP contribution >= 0.6 is 35.7 Å². The monoisotopic (exact) mass is 505 g/mol. The van der Waals surface area contributed by atoms with Crippen LogP contribution in [0.3, 0.4) is 0 Å². The van der Waals surface area contributed by atoms with E-state index >= 15 is 0 Å². The fourth-order valence-electron chi connectivity index (χ4n) is 3.11. The molecule has 0 atom stereocenters. The Balaban J connectivity index is 0.00000364. The van der Waals surface area contributed by atoms with Crippen molar-refractivity contribution in [3.63, 3.8) is 0 Å². The molecular weight excluding hydrogens is 469 g/mol. The summed E-state index contributed by atoms with van der Waals surface area (Å²) in [4.78, 5) is 9.82. The van der Waals surface area contributed by atoms with Gasteiger partial charge in [0.05, 0.1) is 0 Å². The molecule has 0 aliphatic carbocycles. The normalized spacial score (nSPS) is 16.0. The van der Waals surface area contributed by atoms with Crippen molar-refractivity contribution < 1.29 is 0 Å². The highest BCUT2D eigenvalue weighted by atomic mass is 127. The van der Waals surface area contributed by atoms with Gasteiger partial charge in [0.2, 0.25) is 0 Å². The summed E-state index contributed by atoms with van der Waals surface area (Å²) in [7, 11) is 0. The molecule has 7 heteroatoms. The minimum Gasteiger partial charge on any atom is -0.357 e. The number of rotatable bonds is 10. The molecule has 1 aromatic carbocycles. The summed E-state index contributed by atoms with van der Waals surface area (Å²) in [6, 6.07) is 10.8. The molecule has 0 unspecified atom stereocenters. The second kappa shape index (κ2) is 15.4. The number of halogens is 1. The van der Waals surface area contributed by atoms with Crippen LogP contribution in [0, 0.1) is 0 Å². The van der Waals surface area contributed by atoms with E-state index in [-0.39, 0.29) is 24.0 Å². The molecule has 0 saturated carbocycles. The van der Waals surface area contributed by atoms with Gasteiger partial charge in [-0.25, -0.2) is 0 Å². The Morgan fingerprint density at radius 2 is 1.78 bits per heavy atom. The van der Waals surface area contributed by atoms with E-state index in [9.17, 15) is 0 Å². The molecule has 0 spiro atoms. The van der Waals surface area contributed by atoms with Gasteiger partial charge >= 0.3 is 0 Å². The zero-order chi connectivity index (χ0) is 18.5. The Hall–Kier alpha value is -0.510. The van der Waals surface area contributed by atoms with Crippen molar-refractivity contribution in [2.45, 2.75) is 19.9 Å². The Bertz CT molecular complexity index is 506. The van der Waals surface area contributed by atoms with E-state index in [2.05, 4.69) is 68.9 Å². The Morgan fingerprint density at radius 3 is 2.44 bits per heavy atom. The number of nitrogens with zero attached hydrogens (tertiary/aromatic N) is 3. The van der Waals surface area contributed by atoms with Crippen LogP contribution in [0.1, 0.15) is 18.9 Å². The first kappa shape index (κ1) is 24.5. The number of guanidine groups is 1. The molecule has 1 saturated heterocycles. The lowest BCUT2D eigenvalue weighted by Crippen LogP contribution is -2.46. The van der Waals surface area contributed by atoms with E-state index in [1.165, 1.54) is 18.7 Å². The third-order valence-corrected chi connectivity index (χ3v) is 5.17. The van der Waals surface area contributed by atoms with E-state index in [1.807, 2.05) is 11.8 Å². The van der Waals surface area contributed by atoms with Gasteiger partial charge in [-0.3, -0.25) is 9.89 Å². The third kappa shape index (κ3) is 10.6. The van der Waals surface area contributed by atoms with Gasteiger partial charge in [0, 0.05) is 64.7 Å². The second-order valence-corrected chi connectivity index (χ2v) is 7.62. The molecule has 0 bridgehead atoms. The van der Waals surface area contributed by atoms with Crippen molar-refractivity contribution in [2.24, 2.45) is 4.99 Å². The topological polar surface area (TPSA) is 42.9 Å². The van der Waals surface area contributed by atoms with Crippen molar-refractivity contribution in [3.05, 3.63) is 35.9 Å². The van der Waals surface area contributed by atoms with Crippen LogP contribution in [-0.2, 0) is 6.54 Å². The lowest BCUT2D eigenvalue weighted by molar-refractivity contribution is 0.127. The predicted molar refractivity (Wildman–Crippen MR) is 131 cm³/mol. The van der Waals surface area contributed by atoms with Gasteiger partial charge in [0.25, 0.3) is 0 Å². The van der Waals surface area contributed by atoms with Crippen LogP contribution in [0.15, 0.2) is 35.3 Å². The zero-order valence-corrected chi connectivity index (χ0v) is 20.0. The first-order valence-electron chi connectivity index (χ1n) is 9.81. The molecule has 2 N–H and O–H groups in total. The predicted octanol–water partition coefficient (Wildman–Crippen LogP) is 2.73. The van der Waals surface area contributed by atoms with Crippen molar-refractivity contribution in [1.82, 2.24) is 20.4 Å². The van der Waals surface area contributed by atoms with Crippen LogP contribution in [0.2, 0.25) is 0 Å². The highest BCUT2D eigenvalue weighted by Crippen LogP contribution is 2.08. The van der Waals surface area contributed by atoms with Crippen LogP contribution < -0.4 is 10.6 Å². The average Bonchev–Trinajstić information content (AvgIpc) is 2.67. The Kier molecular flexibility index (Phi) is 14.0. The van der Waals surface area contributed by atoms with Crippen LogP contribution in [-0.4, -0.2) is 80.1 Å². The molecule has 0 aromatic heterocycles. The summed E-state index contributed by atoms with van der Waals surface area (Å²) in [6.07, 6.45) is 3.25. The lowest BCUT2D eigenvalue weighted by Gasteiger charge is -2.34. The minimum atomic E-state index is 0. The molecule has 0 amide bonds. The van der Waals surface area contributed by atoms with E-state index in [0.717, 1.165) is 63.9 Å². The van der Waals surface area contributed by atoms with E-state index in [4.69, 9.17) is 0 Å². The van der Waals surface area contributed by atoms with Gasteiger partial charge in [-0.05, 0) is 25.2 Å². The molecule has 1 aliphatic heterocycles. The van der Waals surface area contributed by atoms with Gasteiger partial charge in [-0.15, -0.1) is 24.0 Å². The summed E-state index contributed by atoms with van der Waals surface area (Å²) in [5.74, 6) is 2.06. The first-order valence-corrected chi connectivity index (χ1v) is 11.2. The van der Waals surface area contributed by atoms with Crippen LogP contribution in [0.4, 0.5) is 0 Å². The standard InChI is InChI=1S/C20H35N5S.HI/c1-3-21-20(23-11-17-26-2)22-10-7-12-24-13-15-25(16-14-24)18-19-8-5-4-6-9-19;/h4-6,8-9H,3,7,10-18H2,1-2H3,(H2,21,22,23);1H. The molecule has 1 fully saturated rings.